The molecule has 0 aliphatic rings. The summed E-state index contributed by atoms with van der Waals surface area (Å²) in [4.78, 5) is 13.4. The number of aliphatic hydroxyl groups is 1. The summed E-state index contributed by atoms with van der Waals surface area (Å²) in [6.07, 6.45) is 0. The average Bonchev–Trinajstić information content (AvgIpc) is 2.92. The number of aromatic nitrogens is 1. The number of nitrogens with zero attached hydrogens (tertiary/aromatic N) is 1. The number of fused-ring (bicyclic) bond motifs is 1. The Bertz CT molecular complexity index is 915. The van der Waals surface area contributed by atoms with Crippen molar-refractivity contribution in [1.29, 1.82) is 0 Å². The van der Waals surface area contributed by atoms with Crippen molar-refractivity contribution in [2.45, 2.75) is 17.3 Å². The van der Waals surface area contributed by atoms with E-state index in [-0.39, 0.29) is 18.3 Å². The van der Waals surface area contributed by atoms with Gasteiger partial charge in [-0.25, -0.2) is 4.79 Å². The Labute approximate surface area is 149 Å². The highest BCUT2D eigenvalue weighted by Gasteiger charge is 2.22. The second-order valence-electron chi connectivity index (χ2n) is 5.66. The zero-order valence-corrected chi connectivity index (χ0v) is 14.8. The number of benzene rings is 2. The van der Waals surface area contributed by atoms with Crippen molar-refractivity contribution < 1.29 is 19.7 Å². The van der Waals surface area contributed by atoms with Crippen LogP contribution in [0.1, 0.15) is 21.6 Å². The highest BCUT2D eigenvalue weighted by atomic mass is 32.2. The quantitative estimate of drug-likeness (QED) is 0.540. The van der Waals surface area contributed by atoms with Crippen molar-refractivity contribution in [1.82, 2.24) is 4.57 Å². The first-order chi connectivity index (χ1) is 12.0. The van der Waals surface area contributed by atoms with Crippen LogP contribution in [0.15, 0.2) is 47.4 Å². The lowest BCUT2D eigenvalue weighted by atomic mass is 10.1. The molecule has 3 rings (SSSR count). The molecule has 0 bridgehead atoms. The van der Waals surface area contributed by atoms with E-state index in [0.717, 1.165) is 27.1 Å². The molecule has 5 nitrogen and oxygen atoms in total. The van der Waals surface area contributed by atoms with Crippen molar-refractivity contribution in [3.8, 4) is 5.75 Å². The molecule has 0 fully saturated rings. The molecule has 0 aliphatic carbocycles. The fraction of sp³-hybridized carbons (Fsp3) is 0.211. The summed E-state index contributed by atoms with van der Waals surface area (Å²) in [5.41, 5.74) is 3.05. The van der Waals surface area contributed by atoms with E-state index in [9.17, 15) is 15.0 Å². The van der Waals surface area contributed by atoms with Crippen LogP contribution in [-0.4, -0.2) is 27.9 Å². The van der Waals surface area contributed by atoms with Crippen molar-refractivity contribution in [2.75, 3.05) is 7.11 Å². The molecule has 0 unspecified atom stereocenters. The van der Waals surface area contributed by atoms with Crippen LogP contribution in [0, 0.1) is 0 Å². The molecular weight excluding hydrogens is 338 g/mol. The lowest BCUT2D eigenvalue weighted by Gasteiger charge is -2.07. The Morgan fingerprint density at radius 2 is 1.92 bits per heavy atom. The number of phenolic OH excluding ortho intramolecular Hbond substituents is 1. The second-order valence-corrected chi connectivity index (χ2v) is 6.71. The number of rotatable bonds is 5. The number of aliphatic hydroxyl groups excluding tert-OH is 1. The van der Waals surface area contributed by atoms with Gasteiger partial charge in [-0.15, -0.1) is 11.8 Å². The number of esters is 1. The zero-order chi connectivity index (χ0) is 18.0. The molecule has 0 saturated heterocycles. The normalized spacial score (nSPS) is 11.0. The Morgan fingerprint density at radius 3 is 2.56 bits per heavy atom. The number of ether oxygens (including phenoxy) is 1. The molecule has 25 heavy (non-hydrogen) atoms. The molecule has 0 amide bonds. The Morgan fingerprint density at radius 1 is 1.20 bits per heavy atom. The number of phenols is 1. The third-order valence-electron chi connectivity index (χ3n) is 4.17. The third kappa shape index (κ3) is 3.36. The first kappa shape index (κ1) is 17.4. The first-order valence-electron chi connectivity index (χ1n) is 7.76. The molecular formula is C19H19NO4S. The van der Waals surface area contributed by atoms with Gasteiger partial charge in [0.2, 0.25) is 0 Å². The fourth-order valence-electron chi connectivity index (χ4n) is 2.84. The predicted octanol–water partition coefficient (Wildman–Crippen LogP) is 3.46. The van der Waals surface area contributed by atoms with Crippen LogP contribution >= 0.6 is 11.8 Å². The van der Waals surface area contributed by atoms with E-state index in [0.29, 0.717) is 11.3 Å². The van der Waals surface area contributed by atoms with Gasteiger partial charge in [-0.05, 0) is 42.0 Å². The van der Waals surface area contributed by atoms with Crippen molar-refractivity contribution in [3.63, 3.8) is 0 Å². The van der Waals surface area contributed by atoms with Gasteiger partial charge >= 0.3 is 5.97 Å². The fourth-order valence-corrected chi connectivity index (χ4v) is 3.81. The van der Waals surface area contributed by atoms with E-state index in [1.807, 2.05) is 41.9 Å². The van der Waals surface area contributed by atoms with Gasteiger partial charge in [-0.2, -0.15) is 0 Å². The molecule has 0 atom stereocenters. The third-order valence-corrected chi connectivity index (χ3v) is 5.19. The van der Waals surface area contributed by atoms with Crippen LogP contribution in [0.4, 0.5) is 0 Å². The van der Waals surface area contributed by atoms with Gasteiger partial charge in [0, 0.05) is 34.3 Å². The number of carbonyl (C=O) groups excluding carboxylic acids is 1. The summed E-state index contributed by atoms with van der Waals surface area (Å²) >= 11 is 1.57. The maximum Gasteiger partial charge on any atom is 0.340 e. The minimum Gasteiger partial charge on any atom is -0.508 e. The maximum absolute atomic E-state index is 12.4. The number of hydrogen-bond donors (Lipinski definition) is 2. The van der Waals surface area contributed by atoms with E-state index in [1.54, 1.807) is 23.9 Å². The van der Waals surface area contributed by atoms with Crippen LogP contribution in [0.3, 0.4) is 0 Å². The SMILES string of the molecule is COC(=O)c1c(CSc2ccc(O)cc2)n(C)c2ccc(CO)cc12. The van der Waals surface area contributed by atoms with Gasteiger partial charge in [-0.1, -0.05) is 6.07 Å². The summed E-state index contributed by atoms with van der Waals surface area (Å²) in [7, 11) is 3.29. The van der Waals surface area contributed by atoms with E-state index in [2.05, 4.69) is 0 Å². The number of methoxy groups -OCH3 is 1. The molecule has 6 heteroatoms. The standard InChI is InChI=1S/C19H19NO4S/c1-20-16-8-3-12(10-21)9-15(16)18(19(23)24-2)17(20)11-25-14-6-4-13(22)5-7-14/h3-9,21-22H,10-11H2,1-2H3. The number of aromatic hydroxyl groups is 1. The highest BCUT2D eigenvalue weighted by Crippen LogP contribution is 2.32. The smallest absolute Gasteiger partial charge is 0.340 e. The van der Waals surface area contributed by atoms with Crippen molar-refractivity contribution >= 4 is 28.6 Å². The molecule has 1 aromatic heterocycles. The monoisotopic (exact) mass is 357 g/mol. The lowest BCUT2D eigenvalue weighted by molar-refractivity contribution is 0.0601. The number of thioether (sulfide) groups is 1. The minimum absolute atomic E-state index is 0.0803. The average molecular weight is 357 g/mol. The molecule has 0 radical (unpaired) electrons. The van der Waals surface area contributed by atoms with Crippen LogP contribution in [0.25, 0.3) is 10.9 Å². The summed E-state index contributed by atoms with van der Waals surface area (Å²) in [6.45, 7) is -0.0803. The van der Waals surface area contributed by atoms with Gasteiger partial charge in [-0.3, -0.25) is 0 Å². The van der Waals surface area contributed by atoms with Gasteiger partial charge in [0.25, 0.3) is 0 Å². The first-order valence-corrected chi connectivity index (χ1v) is 8.75. The molecule has 1 heterocycles. The van der Waals surface area contributed by atoms with Gasteiger partial charge in [0.05, 0.1) is 19.3 Å². The summed E-state index contributed by atoms with van der Waals surface area (Å²) in [5, 5.41) is 19.6. The zero-order valence-electron chi connectivity index (χ0n) is 14.0. The van der Waals surface area contributed by atoms with Gasteiger partial charge in [0.15, 0.2) is 0 Å². The van der Waals surface area contributed by atoms with E-state index >= 15 is 0 Å². The van der Waals surface area contributed by atoms with Crippen molar-refractivity contribution in [3.05, 3.63) is 59.3 Å². The molecule has 0 spiro atoms. The number of carbonyl (C=O) groups is 1. The Balaban J connectivity index is 2.04. The van der Waals surface area contributed by atoms with E-state index in [1.165, 1.54) is 7.11 Å². The molecule has 0 aliphatic heterocycles. The van der Waals surface area contributed by atoms with Gasteiger partial charge in [0.1, 0.15) is 5.75 Å². The predicted molar refractivity (Wildman–Crippen MR) is 97.8 cm³/mol. The number of aryl methyl sites for hydroxylation is 1. The number of hydrogen-bond acceptors (Lipinski definition) is 5. The molecule has 2 aromatic carbocycles. The topological polar surface area (TPSA) is 71.7 Å². The van der Waals surface area contributed by atoms with E-state index in [4.69, 9.17) is 4.74 Å². The molecule has 0 saturated carbocycles. The second kappa shape index (κ2) is 7.21. The largest absolute Gasteiger partial charge is 0.508 e. The Kier molecular flexibility index (Phi) is 5.01. The van der Waals surface area contributed by atoms with Crippen LogP contribution in [0.2, 0.25) is 0 Å². The van der Waals surface area contributed by atoms with E-state index < -0.39 is 0 Å². The van der Waals surface area contributed by atoms with Crippen molar-refractivity contribution in [2.24, 2.45) is 7.05 Å². The summed E-state index contributed by atoms with van der Waals surface area (Å²) in [6, 6.07) is 12.5. The Hall–Kier alpha value is -2.44. The summed E-state index contributed by atoms with van der Waals surface area (Å²) in [5.74, 6) is 0.414. The highest BCUT2D eigenvalue weighted by molar-refractivity contribution is 7.98. The van der Waals surface area contributed by atoms with Crippen LogP contribution in [0.5, 0.6) is 5.75 Å². The molecule has 3 aromatic rings. The van der Waals surface area contributed by atoms with Crippen LogP contribution < -0.4 is 0 Å². The lowest BCUT2D eigenvalue weighted by Crippen LogP contribution is -2.06. The minimum atomic E-state index is -0.387. The summed E-state index contributed by atoms with van der Waals surface area (Å²) < 4.78 is 6.96. The molecule has 2 N–H and O–H groups in total. The van der Waals surface area contributed by atoms with Crippen LogP contribution in [-0.2, 0) is 24.1 Å². The van der Waals surface area contributed by atoms with Gasteiger partial charge < -0.3 is 19.5 Å². The maximum atomic E-state index is 12.4. The molecule has 130 valence electrons.